The van der Waals surface area contributed by atoms with E-state index in [0.29, 0.717) is 19.4 Å². The third-order valence-corrected chi connectivity index (χ3v) is 4.31. The monoisotopic (exact) mass is 321 g/mol. The number of carbonyl (C=O) groups excluding carboxylic acids is 1. The predicted molar refractivity (Wildman–Crippen MR) is 82.3 cm³/mol. The molecule has 23 heavy (non-hydrogen) atoms. The molecule has 0 unspecified atom stereocenters. The molecule has 0 aromatic heterocycles. The second-order valence-corrected chi connectivity index (χ2v) is 5.95. The van der Waals surface area contributed by atoms with Gasteiger partial charge in [0.2, 0.25) is 5.91 Å². The molecule has 1 amide bonds. The molecule has 124 valence electrons. The molecule has 1 saturated carbocycles. The minimum atomic E-state index is -0.778. The van der Waals surface area contributed by atoms with Crippen molar-refractivity contribution in [3.05, 3.63) is 35.4 Å². The molecule has 1 aromatic rings. The maximum absolute atomic E-state index is 13.7. The number of carbonyl (C=O) groups is 1. The van der Waals surface area contributed by atoms with Crippen molar-refractivity contribution < 1.29 is 13.6 Å². The van der Waals surface area contributed by atoms with Crippen molar-refractivity contribution in [2.24, 2.45) is 0 Å². The van der Waals surface area contributed by atoms with Gasteiger partial charge in [0.25, 0.3) is 0 Å². The van der Waals surface area contributed by atoms with E-state index in [1.54, 1.807) is 4.90 Å². The number of likely N-dealkylation sites (N-methyl/N-ethyl adjacent to an activating group) is 1. The number of hydrogen-bond acceptors (Lipinski definition) is 3. The first kappa shape index (κ1) is 17.4. The highest BCUT2D eigenvalue weighted by Crippen LogP contribution is 2.28. The fraction of sp³-hybridized carbons (Fsp3) is 0.529. The van der Waals surface area contributed by atoms with E-state index in [4.69, 9.17) is 0 Å². The molecule has 1 aliphatic carbocycles. The maximum atomic E-state index is 13.7. The van der Waals surface area contributed by atoms with Gasteiger partial charge in [0, 0.05) is 12.1 Å². The Hall–Kier alpha value is -2.00. The largest absolute Gasteiger partial charge is 0.337 e. The topological polar surface area (TPSA) is 56.1 Å². The summed E-state index contributed by atoms with van der Waals surface area (Å²) >= 11 is 0. The number of halogens is 2. The molecule has 1 N–H and O–H groups in total. The molecular formula is C17H21F2N3O. The second kappa shape index (κ2) is 7.51. The van der Waals surface area contributed by atoms with Crippen molar-refractivity contribution in [2.75, 3.05) is 13.1 Å². The average molecular weight is 321 g/mol. The first-order valence-corrected chi connectivity index (χ1v) is 7.87. The summed E-state index contributed by atoms with van der Waals surface area (Å²) in [6.45, 7) is 2.32. The number of rotatable bonds is 6. The summed E-state index contributed by atoms with van der Waals surface area (Å²) < 4.78 is 27.4. The Morgan fingerprint density at radius 2 is 1.96 bits per heavy atom. The Labute approximate surface area is 135 Å². The molecular weight excluding hydrogens is 300 g/mol. The highest BCUT2D eigenvalue weighted by molar-refractivity contribution is 5.79. The zero-order valence-corrected chi connectivity index (χ0v) is 13.2. The quantitative estimate of drug-likeness (QED) is 0.876. The molecule has 4 nitrogen and oxygen atoms in total. The molecule has 1 aromatic carbocycles. The van der Waals surface area contributed by atoms with Crippen LogP contribution in [0.15, 0.2) is 18.2 Å². The van der Waals surface area contributed by atoms with Crippen LogP contribution in [0.25, 0.3) is 0 Å². The standard InChI is InChI=1S/C17H21F2N3O/c1-2-22(10-13-14(18)6-5-7-15(13)19)11-16(23)21-17(12-20)8-3-4-9-17/h5-7H,2-4,8-11H2,1H3,(H,21,23). The fourth-order valence-electron chi connectivity index (χ4n) is 2.94. The summed E-state index contributed by atoms with van der Waals surface area (Å²) in [5.74, 6) is -1.52. The van der Waals surface area contributed by atoms with Gasteiger partial charge in [-0.05, 0) is 44.4 Å². The highest BCUT2D eigenvalue weighted by Gasteiger charge is 2.35. The van der Waals surface area contributed by atoms with Crippen LogP contribution >= 0.6 is 0 Å². The number of nitrogens with zero attached hydrogens (tertiary/aromatic N) is 2. The lowest BCUT2D eigenvalue weighted by atomic mass is 10.00. The van der Waals surface area contributed by atoms with E-state index < -0.39 is 17.2 Å². The van der Waals surface area contributed by atoms with Crippen LogP contribution in [-0.4, -0.2) is 29.4 Å². The molecule has 0 spiro atoms. The molecule has 0 atom stereocenters. The fourth-order valence-corrected chi connectivity index (χ4v) is 2.94. The van der Waals surface area contributed by atoms with Crippen molar-refractivity contribution in [3.8, 4) is 6.07 Å². The van der Waals surface area contributed by atoms with Crippen molar-refractivity contribution in [1.82, 2.24) is 10.2 Å². The first-order valence-electron chi connectivity index (χ1n) is 7.87. The Morgan fingerprint density at radius 3 is 2.48 bits per heavy atom. The lowest BCUT2D eigenvalue weighted by Gasteiger charge is -2.25. The van der Waals surface area contributed by atoms with Gasteiger partial charge in [-0.2, -0.15) is 5.26 Å². The number of hydrogen-bond donors (Lipinski definition) is 1. The summed E-state index contributed by atoms with van der Waals surface area (Å²) in [6, 6.07) is 5.92. The van der Waals surface area contributed by atoms with Crippen LogP contribution < -0.4 is 5.32 Å². The Kier molecular flexibility index (Phi) is 5.67. The molecule has 0 bridgehead atoms. The minimum absolute atomic E-state index is 0.00764. The Bertz CT molecular complexity index is 586. The van der Waals surface area contributed by atoms with E-state index in [1.807, 2.05) is 6.92 Å². The molecule has 2 rings (SSSR count). The Morgan fingerprint density at radius 1 is 1.35 bits per heavy atom. The third kappa shape index (κ3) is 4.26. The molecule has 0 saturated heterocycles. The second-order valence-electron chi connectivity index (χ2n) is 5.95. The van der Waals surface area contributed by atoms with Crippen molar-refractivity contribution >= 4 is 5.91 Å². The first-order chi connectivity index (χ1) is 11.0. The SMILES string of the molecule is CCN(CC(=O)NC1(C#N)CCCC1)Cc1c(F)cccc1F. The minimum Gasteiger partial charge on any atom is -0.337 e. The summed E-state index contributed by atoms with van der Waals surface area (Å²) in [5, 5.41) is 12.1. The predicted octanol–water partition coefficient (Wildman–Crippen LogP) is 2.74. The normalized spacial score (nSPS) is 16.3. The summed E-state index contributed by atoms with van der Waals surface area (Å²) in [4.78, 5) is 13.9. The lowest BCUT2D eigenvalue weighted by Crippen LogP contribution is -2.49. The van der Waals surface area contributed by atoms with E-state index in [0.717, 1.165) is 12.8 Å². The van der Waals surface area contributed by atoms with E-state index >= 15 is 0 Å². The Balaban J connectivity index is 1.99. The third-order valence-electron chi connectivity index (χ3n) is 4.31. The summed E-state index contributed by atoms with van der Waals surface area (Å²) in [7, 11) is 0. The van der Waals surface area contributed by atoms with Gasteiger partial charge < -0.3 is 5.32 Å². The number of amides is 1. The van der Waals surface area contributed by atoms with Crippen molar-refractivity contribution in [2.45, 2.75) is 44.7 Å². The van der Waals surface area contributed by atoms with Crippen LogP contribution in [0.1, 0.15) is 38.2 Å². The molecule has 6 heteroatoms. The van der Waals surface area contributed by atoms with Gasteiger partial charge in [-0.3, -0.25) is 9.69 Å². The number of benzene rings is 1. The van der Waals surface area contributed by atoms with Gasteiger partial charge in [0.1, 0.15) is 17.2 Å². The molecule has 1 fully saturated rings. The van der Waals surface area contributed by atoms with Gasteiger partial charge in [0.05, 0.1) is 12.6 Å². The molecule has 0 heterocycles. The van der Waals surface area contributed by atoms with Gasteiger partial charge >= 0.3 is 0 Å². The van der Waals surface area contributed by atoms with E-state index in [1.165, 1.54) is 18.2 Å². The van der Waals surface area contributed by atoms with Crippen LogP contribution in [0.4, 0.5) is 8.78 Å². The van der Waals surface area contributed by atoms with Crippen LogP contribution in [0.2, 0.25) is 0 Å². The van der Waals surface area contributed by atoms with E-state index in [-0.39, 0.29) is 24.6 Å². The lowest BCUT2D eigenvalue weighted by molar-refractivity contribution is -0.123. The van der Waals surface area contributed by atoms with Crippen LogP contribution in [0.3, 0.4) is 0 Å². The van der Waals surface area contributed by atoms with E-state index in [2.05, 4.69) is 11.4 Å². The number of nitrogens with one attached hydrogen (secondary N) is 1. The number of nitriles is 1. The van der Waals surface area contributed by atoms with Crippen LogP contribution in [-0.2, 0) is 11.3 Å². The van der Waals surface area contributed by atoms with Crippen LogP contribution in [0.5, 0.6) is 0 Å². The molecule has 0 aliphatic heterocycles. The van der Waals surface area contributed by atoms with Gasteiger partial charge in [-0.25, -0.2) is 8.78 Å². The van der Waals surface area contributed by atoms with Crippen molar-refractivity contribution in [1.29, 1.82) is 5.26 Å². The zero-order valence-electron chi connectivity index (χ0n) is 13.2. The van der Waals surface area contributed by atoms with Crippen LogP contribution in [0, 0.1) is 23.0 Å². The zero-order chi connectivity index (χ0) is 16.9. The summed E-state index contributed by atoms with van der Waals surface area (Å²) in [5.41, 5.74) is -0.822. The maximum Gasteiger partial charge on any atom is 0.235 e. The van der Waals surface area contributed by atoms with Gasteiger partial charge in [-0.15, -0.1) is 0 Å². The van der Waals surface area contributed by atoms with Crippen molar-refractivity contribution in [3.63, 3.8) is 0 Å². The summed E-state index contributed by atoms with van der Waals surface area (Å²) in [6.07, 6.45) is 3.16. The molecule has 1 aliphatic rings. The van der Waals surface area contributed by atoms with E-state index in [9.17, 15) is 18.8 Å². The van der Waals surface area contributed by atoms with Gasteiger partial charge in [-0.1, -0.05) is 13.0 Å². The average Bonchev–Trinajstić information content (AvgIpc) is 2.98. The smallest absolute Gasteiger partial charge is 0.235 e. The highest BCUT2D eigenvalue weighted by atomic mass is 19.1. The van der Waals surface area contributed by atoms with Gasteiger partial charge in [0.15, 0.2) is 0 Å². The molecule has 0 radical (unpaired) electrons.